The second-order valence-corrected chi connectivity index (χ2v) is 6.20. The van der Waals surface area contributed by atoms with E-state index in [1.165, 1.54) is 11.1 Å². The highest BCUT2D eigenvalue weighted by Gasteiger charge is 2.15. The number of nitrogens with two attached hydrogens (primary N) is 1. The lowest BCUT2D eigenvalue weighted by Gasteiger charge is -2.27. The molecule has 106 valence electrons. The van der Waals surface area contributed by atoms with Gasteiger partial charge in [-0.05, 0) is 42.4 Å². The van der Waals surface area contributed by atoms with Gasteiger partial charge in [-0.2, -0.15) is 0 Å². The number of benzene rings is 2. The van der Waals surface area contributed by atoms with Gasteiger partial charge < -0.3 is 5.73 Å². The molecule has 20 heavy (non-hydrogen) atoms. The fourth-order valence-corrected chi connectivity index (χ4v) is 2.63. The molecule has 2 aromatic rings. The minimum Gasteiger partial charge on any atom is -0.329 e. The normalized spacial score (nSPS) is 12.7. The highest BCUT2D eigenvalue weighted by Crippen LogP contribution is 2.22. The molecule has 2 nitrogen and oxygen atoms in total. The van der Waals surface area contributed by atoms with Crippen LogP contribution < -0.4 is 5.73 Å². The fraction of sp³-hybridized carbons (Fsp3) is 0.250. The van der Waals surface area contributed by atoms with Gasteiger partial charge in [0.15, 0.2) is 0 Å². The SMILES string of the molecule is CN(Cc1ccc(Cl)cc1)C(CN)c1ccc(Br)cc1. The summed E-state index contributed by atoms with van der Waals surface area (Å²) in [4.78, 5) is 2.26. The van der Waals surface area contributed by atoms with Crippen molar-refractivity contribution in [1.29, 1.82) is 0 Å². The van der Waals surface area contributed by atoms with Gasteiger partial charge in [0.2, 0.25) is 0 Å². The number of hydrogen-bond donors (Lipinski definition) is 1. The minimum atomic E-state index is 0.207. The number of nitrogens with zero attached hydrogens (tertiary/aromatic N) is 1. The summed E-state index contributed by atoms with van der Waals surface area (Å²) in [7, 11) is 2.09. The van der Waals surface area contributed by atoms with E-state index in [2.05, 4.69) is 40.0 Å². The van der Waals surface area contributed by atoms with E-state index in [0.29, 0.717) is 6.54 Å². The molecule has 0 saturated heterocycles. The third kappa shape index (κ3) is 4.06. The van der Waals surface area contributed by atoms with Gasteiger partial charge in [-0.25, -0.2) is 0 Å². The molecule has 0 aliphatic heterocycles. The first-order valence-corrected chi connectivity index (χ1v) is 7.67. The van der Waals surface area contributed by atoms with Crippen molar-refractivity contribution in [2.24, 2.45) is 5.73 Å². The van der Waals surface area contributed by atoms with Gasteiger partial charge in [-0.15, -0.1) is 0 Å². The summed E-state index contributed by atoms with van der Waals surface area (Å²) in [6.45, 7) is 1.43. The lowest BCUT2D eigenvalue weighted by Crippen LogP contribution is -2.30. The van der Waals surface area contributed by atoms with Crippen molar-refractivity contribution >= 4 is 27.5 Å². The van der Waals surface area contributed by atoms with Crippen LogP contribution in [0.2, 0.25) is 5.02 Å². The van der Waals surface area contributed by atoms with E-state index in [0.717, 1.165) is 16.0 Å². The quantitative estimate of drug-likeness (QED) is 0.871. The van der Waals surface area contributed by atoms with E-state index in [9.17, 15) is 0 Å². The van der Waals surface area contributed by atoms with Crippen LogP contribution in [0.1, 0.15) is 17.2 Å². The Labute approximate surface area is 133 Å². The molecule has 2 aromatic carbocycles. The summed E-state index contributed by atoms with van der Waals surface area (Å²) in [6, 6.07) is 16.5. The second-order valence-electron chi connectivity index (χ2n) is 4.84. The van der Waals surface area contributed by atoms with Crippen molar-refractivity contribution in [2.75, 3.05) is 13.6 Å². The lowest BCUT2D eigenvalue weighted by atomic mass is 10.1. The Bertz CT molecular complexity index is 539. The number of halogens is 2. The molecule has 0 heterocycles. The molecule has 0 aliphatic rings. The first-order valence-electron chi connectivity index (χ1n) is 6.50. The molecule has 2 N–H and O–H groups in total. The first-order chi connectivity index (χ1) is 9.60. The van der Waals surface area contributed by atoms with Gasteiger partial charge in [0.25, 0.3) is 0 Å². The Kier molecular flexibility index (Phi) is 5.61. The van der Waals surface area contributed by atoms with Crippen molar-refractivity contribution < 1.29 is 0 Å². The van der Waals surface area contributed by atoms with Crippen LogP contribution in [0.15, 0.2) is 53.0 Å². The van der Waals surface area contributed by atoms with Crippen molar-refractivity contribution in [2.45, 2.75) is 12.6 Å². The predicted octanol–water partition coefficient (Wildman–Crippen LogP) is 4.23. The zero-order valence-corrected chi connectivity index (χ0v) is 13.7. The smallest absolute Gasteiger partial charge is 0.0470 e. The van der Waals surface area contributed by atoms with Gasteiger partial charge in [-0.3, -0.25) is 4.90 Å². The van der Waals surface area contributed by atoms with Crippen LogP contribution in [0.25, 0.3) is 0 Å². The standard InChI is InChI=1S/C16H18BrClN2/c1-20(11-12-2-8-15(18)9-3-12)16(10-19)13-4-6-14(17)7-5-13/h2-9,16H,10-11,19H2,1H3. The minimum absolute atomic E-state index is 0.207. The summed E-state index contributed by atoms with van der Waals surface area (Å²) in [5.41, 5.74) is 8.41. The molecule has 0 saturated carbocycles. The maximum atomic E-state index is 5.95. The van der Waals surface area contributed by atoms with Crippen LogP contribution in [0, 0.1) is 0 Å². The monoisotopic (exact) mass is 352 g/mol. The summed E-state index contributed by atoms with van der Waals surface area (Å²) in [5, 5.41) is 0.764. The molecule has 0 fully saturated rings. The van der Waals surface area contributed by atoms with E-state index < -0.39 is 0 Å². The Morgan fingerprint density at radius 2 is 1.70 bits per heavy atom. The highest BCUT2D eigenvalue weighted by molar-refractivity contribution is 9.10. The molecule has 0 radical (unpaired) electrons. The number of hydrogen-bond acceptors (Lipinski definition) is 2. The molecule has 2 rings (SSSR count). The van der Waals surface area contributed by atoms with Gasteiger partial charge in [0.1, 0.15) is 0 Å². The molecule has 0 aliphatic carbocycles. The van der Waals surface area contributed by atoms with Crippen molar-refractivity contribution in [3.63, 3.8) is 0 Å². The first kappa shape index (κ1) is 15.5. The average molecular weight is 354 g/mol. The Balaban J connectivity index is 2.10. The Morgan fingerprint density at radius 1 is 1.10 bits per heavy atom. The van der Waals surface area contributed by atoms with Crippen molar-refractivity contribution in [3.05, 3.63) is 69.2 Å². The fourth-order valence-electron chi connectivity index (χ4n) is 2.24. The molecule has 0 aromatic heterocycles. The largest absolute Gasteiger partial charge is 0.329 e. The summed E-state index contributed by atoms with van der Waals surface area (Å²) in [6.07, 6.45) is 0. The van der Waals surface area contributed by atoms with E-state index in [1.807, 2.05) is 36.4 Å². The second kappa shape index (κ2) is 7.23. The topological polar surface area (TPSA) is 29.3 Å². The Hall–Kier alpha value is -0.870. The number of likely N-dealkylation sites (N-methyl/N-ethyl adjacent to an activating group) is 1. The summed E-state index contributed by atoms with van der Waals surface area (Å²) >= 11 is 9.37. The maximum Gasteiger partial charge on any atom is 0.0470 e. The van der Waals surface area contributed by atoms with E-state index in [4.69, 9.17) is 17.3 Å². The van der Waals surface area contributed by atoms with Crippen LogP contribution in [-0.4, -0.2) is 18.5 Å². The average Bonchev–Trinajstić information content (AvgIpc) is 2.44. The molecule has 0 bridgehead atoms. The maximum absolute atomic E-state index is 5.95. The molecule has 0 amide bonds. The van der Waals surface area contributed by atoms with Crippen molar-refractivity contribution in [1.82, 2.24) is 4.90 Å². The zero-order chi connectivity index (χ0) is 14.5. The van der Waals surface area contributed by atoms with Crippen LogP contribution in [0.3, 0.4) is 0 Å². The molecular weight excluding hydrogens is 336 g/mol. The van der Waals surface area contributed by atoms with Gasteiger partial charge in [0.05, 0.1) is 0 Å². The van der Waals surface area contributed by atoms with Crippen LogP contribution in [0.4, 0.5) is 0 Å². The van der Waals surface area contributed by atoms with Gasteiger partial charge in [-0.1, -0.05) is 51.8 Å². The Morgan fingerprint density at radius 3 is 2.25 bits per heavy atom. The van der Waals surface area contributed by atoms with Crippen LogP contribution >= 0.6 is 27.5 Å². The van der Waals surface area contributed by atoms with Crippen LogP contribution in [-0.2, 0) is 6.54 Å². The molecule has 1 unspecified atom stereocenters. The predicted molar refractivity (Wildman–Crippen MR) is 88.9 cm³/mol. The van der Waals surface area contributed by atoms with Crippen LogP contribution in [0.5, 0.6) is 0 Å². The third-order valence-corrected chi connectivity index (χ3v) is 4.14. The molecule has 1 atom stereocenters. The summed E-state index contributed by atoms with van der Waals surface area (Å²) in [5.74, 6) is 0. The van der Waals surface area contributed by atoms with E-state index in [1.54, 1.807) is 0 Å². The third-order valence-electron chi connectivity index (χ3n) is 3.36. The molecule has 0 spiro atoms. The molecular formula is C16H18BrClN2. The lowest BCUT2D eigenvalue weighted by molar-refractivity contribution is 0.242. The van der Waals surface area contributed by atoms with E-state index in [-0.39, 0.29) is 6.04 Å². The summed E-state index contributed by atoms with van der Waals surface area (Å²) < 4.78 is 1.08. The zero-order valence-electron chi connectivity index (χ0n) is 11.4. The molecule has 4 heteroatoms. The van der Waals surface area contributed by atoms with Gasteiger partial charge in [0, 0.05) is 28.6 Å². The number of rotatable bonds is 5. The van der Waals surface area contributed by atoms with E-state index >= 15 is 0 Å². The van der Waals surface area contributed by atoms with Crippen molar-refractivity contribution in [3.8, 4) is 0 Å². The van der Waals surface area contributed by atoms with Gasteiger partial charge >= 0.3 is 0 Å². The highest BCUT2D eigenvalue weighted by atomic mass is 79.9.